The third-order valence-corrected chi connectivity index (χ3v) is 4.03. The van der Waals surface area contributed by atoms with Gasteiger partial charge in [0.05, 0.1) is 6.04 Å². The van der Waals surface area contributed by atoms with Crippen molar-refractivity contribution in [2.24, 2.45) is 11.7 Å². The SMILES string of the molecule is CC(C)CN1C(=O)CC(N)C1c1cc(F)ccc1Br. The Kier molecular flexibility index (Phi) is 4.26. The van der Waals surface area contributed by atoms with Crippen molar-refractivity contribution in [2.45, 2.75) is 32.4 Å². The Labute approximate surface area is 121 Å². The van der Waals surface area contributed by atoms with Gasteiger partial charge in [0.25, 0.3) is 0 Å². The minimum Gasteiger partial charge on any atom is -0.334 e. The first kappa shape index (κ1) is 14.5. The lowest BCUT2D eigenvalue weighted by molar-refractivity contribution is -0.129. The van der Waals surface area contributed by atoms with Crippen LogP contribution >= 0.6 is 15.9 Å². The molecule has 1 aromatic rings. The second-order valence-electron chi connectivity index (χ2n) is 5.42. The zero-order chi connectivity index (χ0) is 14.2. The van der Waals surface area contributed by atoms with Gasteiger partial charge in [-0.1, -0.05) is 29.8 Å². The number of hydrogen-bond acceptors (Lipinski definition) is 2. The summed E-state index contributed by atoms with van der Waals surface area (Å²) < 4.78 is 14.2. The van der Waals surface area contributed by atoms with Crippen molar-refractivity contribution >= 4 is 21.8 Å². The van der Waals surface area contributed by atoms with Crippen molar-refractivity contribution in [1.29, 1.82) is 0 Å². The molecule has 1 saturated heterocycles. The van der Waals surface area contributed by atoms with Gasteiger partial charge in [0.2, 0.25) is 5.91 Å². The van der Waals surface area contributed by atoms with Crippen LogP contribution in [0.1, 0.15) is 31.9 Å². The summed E-state index contributed by atoms with van der Waals surface area (Å²) in [7, 11) is 0. The summed E-state index contributed by atoms with van der Waals surface area (Å²) in [6, 6.07) is 3.97. The highest BCUT2D eigenvalue weighted by Gasteiger charge is 2.39. The minimum absolute atomic E-state index is 0.0439. The van der Waals surface area contributed by atoms with E-state index in [4.69, 9.17) is 5.73 Å². The fourth-order valence-electron chi connectivity index (χ4n) is 2.57. The second kappa shape index (κ2) is 5.59. The summed E-state index contributed by atoms with van der Waals surface area (Å²) in [6.45, 7) is 4.74. The van der Waals surface area contributed by atoms with E-state index in [2.05, 4.69) is 29.8 Å². The maximum Gasteiger partial charge on any atom is 0.224 e. The summed E-state index contributed by atoms with van der Waals surface area (Å²) in [6.07, 6.45) is 0.320. The molecular weight excluding hydrogens is 311 g/mol. The minimum atomic E-state index is -0.311. The standard InChI is InChI=1S/C14H18BrFN2O/c1-8(2)7-18-13(19)6-12(17)14(18)10-5-9(16)3-4-11(10)15/h3-5,8,12,14H,6-7,17H2,1-2H3. The number of rotatable bonds is 3. The Bertz CT molecular complexity index is 492. The molecule has 2 unspecified atom stereocenters. The quantitative estimate of drug-likeness (QED) is 0.927. The number of carbonyl (C=O) groups is 1. The lowest BCUT2D eigenvalue weighted by Crippen LogP contribution is -2.35. The fraction of sp³-hybridized carbons (Fsp3) is 0.500. The molecule has 0 bridgehead atoms. The van der Waals surface area contributed by atoms with Crippen LogP contribution in [0.15, 0.2) is 22.7 Å². The first-order chi connectivity index (χ1) is 8.90. The van der Waals surface area contributed by atoms with E-state index in [-0.39, 0.29) is 23.8 Å². The number of halogens is 2. The van der Waals surface area contributed by atoms with E-state index < -0.39 is 0 Å². The molecule has 104 valence electrons. The third-order valence-electron chi connectivity index (χ3n) is 3.31. The average molecular weight is 329 g/mol. The molecule has 2 atom stereocenters. The van der Waals surface area contributed by atoms with Gasteiger partial charge in [-0.3, -0.25) is 4.79 Å². The fourth-order valence-corrected chi connectivity index (χ4v) is 3.05. The normalized spacial score (nSPS) is 23.5. The average Bonchev–Trinajstić information content (AvgIpc) is 2.57. The van der Waals surface area contributed by atoms with E-state index in [0.717, 1.165) is 10.0 Å². The van der Waals surface area contributed by atoms with Crippen molar-refractivity contribution in [3.05, 3.63) is 34.1 Å². The van der Waals surface area contributed by atoms with Crippen LogP contribution in [0.2, 0.25) is 0 Å². The molecule has 1 heterocycles. The van der Waals surface area contributed by atoms with E-state index in [1.807, 2.05) is 0 Å². The van der Waals surface area contributed by atoms with Gasteiger partial charge in [-0.15, -0.1) is 0 Å². The Hall–Kier alpha value is -0.940. The summed E-state index contributed by atoms with van der Waals surface area (Å²) in [5.74, 6) is 0.0840. The summed E-state index contributed by atoms with van der Waals surface area (Å²) in [5.41, 5.74) is 6.83. The predicted octanol–water partition coefficient (Wildman–Crippen LogP) is 2.84. The van der Waals surface area contributed by atoms with Gasteiger partial charge in [0, 0.05) is 23.5 Å². The highest BCUT2D eigenvalue weighted by molar-refractivity contribution is 9.10. The van der Waals surface area contributed by atoms with Crippen molar-refractivity contribution in [2.75, 3.05) is 6.54 Å². The van der Waals surface area contributed by atoms with Gasteiger partial charge in [-0.2, -0.15) is 0 Å². The molecule has 1 aromatic carbocycles. The first-order valence-electron chi connectivity index (χ1n) is 6.40. The lowest BCUT2D eigenvalue weighted by Gasteiger charge is -2.29. The Balaban J connectivity index is 2.39. The van der Waals surface area contributed by atoms with Crippen molar-refractivity contribution in [3.63, 3.8) is 0 Å². The van der Waals surface area contributed by atoms with E-state index in [1.165, 1.54) is 12.1 Å². The molecule has 0 spiro atoms. The Morgan fingerprint density at radius 3 is 2.84 bits per heavy atom. The Morgan fingerprint density at radius 2 is 2.21 bits per heavy atom. The summed E-state index contributed by atoms with van der Waals surface area (Å²) >= 11 is 3.42. The van der Waals surface area contributed by atoms with E-state index in [9.17, 15) is 9.18 Å². The van der Waals surface area contributed by atoms with E-state index >= 15 is 0 Å². The van der Waals surface area contributed by atoms with Gasteiger partial charge < -0.3 is 10.6 Å². The number of nitrogens with two attached hydrogens (primary N) is 1. The molecule has 1 aliphatic heterocycles. The Morgan fingerprint density at radius 1 is 1.53 bits per heavy atom. The van der Waals surface area contributed by atoms with Gasteiger partial charge in [0.1, 0.15) is 5.82 Å². The predicted molar refractivity (Wildman–Crippen MR) is 76.0 cm³/mol. The molecular formula is C14H18BrFN2O. The zero-order valence-electron chi connectivity index (χ0n) is 11.1. The maximum absolute atomic E-state index is 13.4. The van der Waals surface area contributed by atoms with Crippen LogP contribution in [0.4, 0.5) is 4.39 Å². The molecule has 1 amide bonds. The van der Waals surface area contributed by atoms with Gasteiger partial charge in [0.15, 0.2) is 0 Å². The van der Waals surface area contributed by atoms with E-state index in [0.29, 0.717) is 18.9 Å². The van der Waals surface area contributed by atoms with Crippen LogP contribution in [-0.2, 0) is 4.79 Å². The second-order valence-corrected chi connectivity index (χ2v) is 6.27. The molecule has 0 aromatic heterocycles. The molecule has 0 saturated carbocycles. The monoisotopic (exact) mass is 328 g/mol. The molecule has 2 rings (SSSR count). The van der Waals surface area contributed by atoms with E-state index in [1.54, 1.807) is 11.0 Å². The first-order valence-corrected chi connectivity index (χ1v) is 7.19. The van der Waals surface area contributed by atoms with Gasteiger partial charge >= 0.3 is 0 Å². The highest BCUT2D eigenvalue weighted by Crippen LogP contribution is 2.36. The topological polar surface area (TPSA) is 46.3 Å². The van der Waals surface area contributed by atoms with Crippen LogP contribution < -0.4 is 5.73 Å². The van der Waals surface area contributed by atoms with Gasteiger partial charge in [-0.25, -0.2) is 4.39 Å². The molecule has 19 heavy (non-hydrogen) atoms. The molecule has 0 aliphatic carbocycles. The maximum atomic E-state index is 13.4. The number of nitrogens with zero attached hydrogens (tertiary/aromatic N) is 1. The molecule has 3 nitrogen and oxygen atoms in total. The summed E-state index contributed by atoms with van der Waals surface area (Å²) in [4.78, 5) is 13.8. The van der Waals surface area contributed by atoms with Gasteiger partial charge in [-0.05, 0) is 29.7 Å². The van der Waals surface area contributed by atoms with Crippen LogP contribution in [0.25, 0.3) is 0 Å². The highest BCUT2D eigenvalue weighted by atomic mass is 79.9. The largest absolute Gasteiger partial charge is 0.334 e. The molecule has 0 radical (unpaired) electrons. The van der Waals surface area contributed by atoms with Crippen LogP contribution in [0.3, 0.4) is 0 Å². The summed E-state index contributed by atoms with van der Waals surface area (Å²) in [5, 5.41) is 0. The van der Waals surface area contributed by atoms with Crippen LogP contribution in [0.5, 0.6) is 0 Å². The van der Waals surface area contributed by atoms with Crippen molar-refractivity contribution in [1.82, 2.24) is 4.90 Å². The number of benzene rings is 1. The van der Waals surface area contributed by atoms with Crippen molar-refractivity contribution in [3.8, 4) is 0 Å². The number of carbonyl (C=O) groups excluding carboxylic acids is 1. The number of amides is 1. The molecule has 1 aliphatic rings. The van der Waals surface area contributed by atoms with Crippen molar-refractivity contribution < 1.29 is 9.18 Å². The zero-order valence-corrected chi connectivity index (χ0v) is 12.7. The van der Waals surface area contributed by atoms with Crippen LogP contribution in [0, 0.1) is 11.7 Å². The van der Waals surface area contributed by atoms with Crippen LogP contribution in [-0.4, -0.2) is 23.4 Å². The smallest absolute Gasteiger partial charge is 0.224 e. The molecule has 2 N–H and O–H groups in total. The molecule has 1 fully saturated rings. The third kappa shape index (κ3) is 2.98. The number of likely N-dealkylation sites (tertiary alicyclic amines) is 1. The lowest BCUT2D eigenvalue weighted by atomic mass is 10.00. The number of hydrogen-bond donors (Lipinski definition) is 1. The molecule has 5 heteroatoms.